The molecule has 2 N–H and O–H groups in total. The van der Waals surface area contributed by atoms with Gasteiger partial charge in [-0.2, -0.15) is 0 Å². The zero-order chi connectivity index (χ0) is 10.1. The molecule has 1 heterocycles. The molecule has 2 saturated carbocycles. The fourth-order valence-corrected chi connectivity index (χ4v) is 4.45. The summed E-state index contributed by atoms with van der Waals surface area (Å²) in [5.41, 5.74) is 6.71. The predicted molar refractivity (Wildman–Crippen MR) is 57.0 cm³/mol. The first-order valence-corrected chi connectivity index (χ1v) is 5.69. The van der Waals surface area contributed by atoms with Crippen LogP contribution in [-0.4, -0.2) is 55.1 Å². The lowest BCUT2D eigenvalue weighted by molar-refractivity contribution is 0.0424. The van der Waals surface area contributed by atoms with Gasteiger partial charge in [0.05, 0.1) is 0 Å². The van der Waals surface area contributed by atoms with E-state index in [1.165, 1.54) is 19.4 Å². The molecule has 0 aromatic heterocycles. The first-order valence-electron chi connectivity index (χ1n) is 5.69. The summed E-state index contributed by atoms with van der Waals surface area (Å²) in [6.45, 7) is 1.29. The number of hydrogen-bond acceptors (Lipinski definition) is 3. The first kappa shape index (κ1) is 9.13. The van der Waals surface area contributed by atoms with Gasteiger partial charge in [-0.3, -0.25) is 0 Å². The Labute approximate surface area is 86.2 Å². The molecular formula is C11H21N3. The fourth-order valence-electron chi connectivity index (χ4n) is 4.45. The second kappa shape index (κ2) is 2.52. The van der Waals surface area contributed by atoms with E-state index in [4.69, 9.17) is 5.73 Å². The molecule has 1 saturated heterocycles. The van der Waals surface area contributed by atoms with Crippen molar-refractivity contribution in [2.45, 2.75) is 30.5 Å². The maximum Gasteiger partial charge on any atom is 0.0362 e. The van der Waals surface area contributed by atoms with Gasteiger partial charge in [0.25, 0.3) is 0 Å². The SMILES string of the molecule is CN(C)C1CC2C3C(CN2C)CC31N. The zero-order valence-corrected chi connectivity index (χ0v) is 9.40. The lowest BCUT2D eigenvalue weighted by atomic mass is 9.61. The van der Waals surface area contributed by atoms with E-state index in [9.17, 15) is 0 Å². The van der Waals surface area contributed by atoms with Gasteiger partial charge < -0.3 is 15.5 Å². The molecule has 0 radical (unpaired) electrons. The zero-order valence-electron chi connectivity index (χ0n) is 9.40. The van der Waals surface area contributed by atoms with Crippen LogP contribution < -0.4 is 5.73 Å². The summed E-state index contributed by atoms with van der Waals surface area (Å²) >= 11 is 0. The number of hydrogen-bond donors (Lipinski definition) is 1. The van der Waals surface area contributed by atoms with Crippen molar-refractivity contribution in [3.8, 4) is 0 Å². The molecule has 80 valence electrons. The third-order valence-electron chi connectivity index (χ3n) is 4.96. The van der Waals surface area contributed by atoms with Crippen molar-refractivity contribution in [3.63, 3.8) is 0 Å². The molecule has 3 rings (SSSR count). The second-order valence-corrected chi connectivity index (χ2v) is 5.82. The van der Waals surface area contributed by atoms with Crippen LogP contribution in [0.3, 0.4) is 0 Å². The maximum absolute atomic E-state index is 6.57. The third-order valence-corrected chi connectivity index (χ3v) is 4.96. The van der Waals surface area contributed by atoms with Gasteiger partial charge in [0.1, 0.15) is 0 Å². The normalized spacial score (nSPS) is 56.4. The molecular weight excluding hydrogens is 174 g/mol. The van der Waals surface area contributed by atoms with Crippen LogP contribution in [0.1, 0.15) is 12.8 Å². The maximum atomic E-state index is 6.57. The van der Waals surface area contributed by atoms with Crippen LogP contribution >= 0.6 is 0 Å². The average Bonchev–Trinajstić information content (AvgIpc) is 2.45. The van der Waals surface area contributed by atoms with E-state index >= 15 is 0 Å². The number of likely N-dealkylation sites (tertiary alicyclic amines) is 1. The van der Waals surface area contributed by atoms with E-state index in [0.29, 0.717) is 6.04 Å². The van der Waals surface area contributed by atoms with Crippen molar-refractivity contribution in [2.24, 2.45) is 17.6 Å². The van der Waals surface area contributed by atoms with Crippen LogP contribution in [0.4, 0.5) is 0 Å². The Morgan fingerprint density at radius 2 is 2.14 bits per heavy atom. The van der Waals surface area contributed by atoms with Gasteiger partial charge in [-0.1, -0.05) is 0 Å². The summed E-state index contributed by atoms with van der Waals surface area (Å²) in [6, 6.07) is 1.38. The molecule has 3 fully saturated rings. The number of nitrogens with two attached hydrogens (primary N) is 1. The molecule has 0 bridgehead atoms. The largest absolute Gasteiger partial charge is 0.323 e. The van der Waals surface area contributed by atoms with Crippen molar-refractivity contribution in [1.29, 1.82) is 0 Å². The molecule has 5 unspecified atom stereocenters. The van der Waals surface area contributed by atoms with Crippen LogP contribution in [0, 0.1) is 11.8 Å². The molecule has 0 aromatic carbocycles. The molecule has 3 heteroatoms. The topological polar surface area (TPSA) is 32.5 Å². The Balaban J connectivity index is 1.91. The molecule has 0 aromatic rings. The molecule has 3 aliphatic rings. The Hall–Kier alpha value is -0.120. The van der Waals surface area contributed by atoms with Crippen LogP contribution in [0.2, 0.25) is 0 Å². The lowest BCUT2D eigenvalue weighted by Crippen LogP contribution is -2.66. The molecule has 14 heavy (non-hydrogen) atoms. The predicted octanol–water partition coefficient (Wildman–Crippen LogP) is -0.0321. The minimum absolute atomic E-state index is 0.142. The monoisotopic (exact) mass is 195 g/mol. The highest BCUT2D eigenvalue weighted by Gasteiger charge is 2.67. The van der Waals surface area contributed by atoms with Gasteiger partial charge in [0, 0.05) is 24.2 Å². The van der Waals surface area contributed by atoms with E-state index < -0.39 is 0 Å². The average molecular weight is 195 g/mol. The van der Waals surface area contributed by atoms with Crippen molar-refractivity contribution < 1.29 is 0 Å². The van der Waals surface area contributed by atoms with Crippen LogP contribution in [0.5, 0.6) is 0 Å². The fraction of sp³-hybridized carbons (Fsp3) is 1.00. The smallest absolute Gasteiger partial charge is 0.0362 e. The van der Waals surface area contributed by atoms with E-state index in [-0.39, 0.29) is 5.54 Å². The van der Waals surface area contributed by atoms with Gasteiger partial charge in [-0.25, -0.2) is 0 Å². The van der Waals surface area contributed by atoms with Gasteiger partial charge in [-0.15, -0.1) is 0 Å². The molecule has 0 spiro atoms. The third kappa shape index (κ3) is 0.841. The molecule has 1 aliphatic heterocycles. The highest BCUT2D eigenvalue weighted by Crippen LogP contribution is 2.58. The van der Waals surface area contributed by atoms with E-state index in [1.54, 1.807) is 0 Å². The first-order chi connectivity index (χ1) is 6.54. The summed E-state index contributed by atoms with van der Waals surface area (Å²) < 4.78 is 0. The van der Waals surface area contributed by atoms with E-state index in [2.05, 4.69) is 30.9 Å². The number of nitrogens with zero attached hydrogens (tertiary/aromatic N) is 2. The minimum Gasteiger partial charge on any atom is -0.323 e. The van der Waals surface area contributed by atoms with E-state index in [1.807, 2.05) is 0 Å². The van der Waals surface area contributed by atoms with Crippen LogP contribution in [0.25, 0.3) is 0 Å². The van der Waals surface area contributed by atoms with Crippen LogP contribution in [-0.2, 0) is 0 Å². The molecule has 2 aliphatic carbocycles. The quantitative estimate of drug-likeness (QED) is 0.637. The lowest BCUT2D eigenvalue weighted by Gasteiger charge is -2.51. The molecule has 5 atom stereocenters. The van der Waals surface area contributed by atoms with Crippen molar-refractivity contribution in [2.75, 3.05) is 27.7 Å². The summed E-state index contributed by atoms with van der Waals surface area (Å²) in [4.78, 5) is 4.87. The Morgan fingerprint density at radius 3 is 2.71 bits per heavy atom. The van der Waals surface area contributed by atoms with Crippen molar-refractivity contribution in [1.82, 2.24) is 9.80 Å². The Morgan fingerprint density at radius 1 is 1.43 bits per heavy atom. The summed E-state index contributed by atoms with van der Waals surface area (Å²) in [6.07, 6.45) is 2.53. The molecule has 0 amide bonds. The van der Waals surface area contributed by atoms with Crippen LogP contribution in [0.15, 0.2) is 0 Å². The second-order valence-electron chi connectivity index (χ2n) is 5.82. The van der Waals surface area contributed by atoms with Crippen molar-refractivity contribution >= 4 is 0 Å². The van der Waals surface area contributed by atoms with Gasteiger partial charge >= 0.3 is 0 Å². The molecule has 3 nitrogen and oxygen atoms in total. The van der Waals surface area contributed by atoms with Crippen molar-refractivity contribution in [3.05, 3.63) is 0 Å². The van der Waals surface area contributed by atoms with Gasteiger partial charge in [-0.05, 0) is 45.8 Å². The van der Waals surface area contributed by atoms with Gasteiger partial charge in [0.15, 0.2) is 0 Å². The number of rotatable bonds is 1. The van der Waals surface area contributed by atoms with E-state index in [0.717, 1.165) is 17.9 Å². The highest BCUT2D eigenvalue weighted by atomic mass is 15.3. The highest BCUT2D eigenvalue weighted by molar-refractivity contribution is 5.24. The summed E-state index contributed by atoms with van der Waals surface area (Å²) in [7, 11) is 6.61. The minimum atomic E-state index is 0.142. The standard InChI is InChI=1S/C11H21N3/c1-13(2)9-4-8-10-7(6-14(8)3)5-11(9,10)12/h7-10H,4-6,12H2,1-3H3. The summed E-state index contributed by atoms with van der Waals surface area (Å²) in [5.74, 6) is 1.69. The van der Waals surface area contributed by atoms with Gasteiger partial charge in [0.2, 0.25) is 0 Å². The number of likely N-dealkylation sites (N-methyl/N-ethyl adjacent to an activating group) is 1. The Kier molecular flexibility index (Phi) is 1.64. The Bertz CT molecular complexity index is 261. The summed E-state index contributed by atoms with van der Waals surface area (Å²) in [5, 5.41) is 0.